The Hall–Kier alpha value is -3.53. The number of ether oxygens (including phenoxy) is 1. The van der Waals surface area contributed by atoms with E-state index in [1.807, 2.05) is 17.0 Å². The molecular formula is C41H44BNO2. The lowest BCUT2D eigenvalue weighted by atomic mass is 9.33. The smallest absolute Gasteiger partial charge is 0.409 e. The van der Waals surface area contributed by atoms with E-state index in [1.165, 1.54) is 70.7 Å². The molecular weight excluding hydrogens is 549 g/mol. The van der Waals surface area contributed by atoms with Gasteiger partial charge in [-0.3, -0.25) is 0 Å². The summed E-state index contributed by atoms with van der Waals surface area (Å²) >= 11 is 0. The van der Waals surface area contributed by atoms with Crippen LogP contribution in [0.2, 0.25) is 0 Å². The van der Waals surface area contributed by atoms with Gasteiger partial charge >= 0.3 is 6.09 Å². The van der Waals surface area contributed by atoms with Gasteiger partial charge < -0.3 is 4.74 Å². The van der Waals surface area contributed by atoms with E-state index in [-0.39, 0.29) is 12.8 Å². The summed E-state index contributed by atoms with van der Waals surface area (Å²) in [5.74, 6) is 4.83. The minimum absolute atomic E-state index is 0.0496. The SMILES string of the molecule is CC(C)c1cc(C(C)C)c(B2c3cc4c(cc3N3C(=O)Oc5cccc6ccc2c3c56)C2CC3CC(CC4C3)C2)c(C(C)C)c1. The Kier molecular flexibility index (Phi) is 6.01. The number of fused-ring (bicyclic) bond motifs is 2. The van der Waals surface area contributed by atoms with Crippen LogP contribution in [0.3, 0.4) is 0 Å². The summed E-state index contributed by atoms with van der Waals surface area (Å²) in [6.45, 7) is 14.1. The summed E-state index contributed by atoms with van der Waals surface area (Å²) < 4.78 is 6.13. The summed E-state index contributed by atoms with van der Waals surface area (Å²) in [5, 5.41) is 2.19. The predicted octanol–water partition coefficient (Wildman–Crippen LogP) is 9.08. The van der Waals surface area contributed by atoms with E-state index in [2.05, 4.69) is 84.0 Å². The number of amides is 1. The zero-order valence-electron chi connectivity index (χ0n) is 27.6. The van der Waals surface area contributed by atoms with Crippen molar-refractivity contribution in [3.63, 3.8) is 0 Å². The zero-order valence-corrected chi connectivity index (χ0v) is 27.6. The highest BCUT2D eigenvalue weighted by molar-refractivity contribution is 6.99. The minimum Gasteiger partial charge on any atom is -0.409 e. The van der Waals surface area contributed by atoms with Crippen molar-refractivity contribution in [2.24, 2.45) is 11.8 Å². The van der Waals surface area contributed by atoms with Crippen LogP contribution in [0.5, 0.6) is 5.75 Å². The Balaban J connectivity index is 1.40. The molecule has 0 N–H and O–H groups in total. The highest BCUT2D eigenvalue weighted by Crippen LogP contribution is 2.57. The zero-order chi connectivity index (χ0) is 30.9. The van der Waals surface area contributed by atoms with Gasteiger partial charge in [0.05, 0.1) is 5.69 Å². The number of carbonyl (C=O) groups excluding carboxylic acids is 1. The average Bonchev–Trinajstić information content (AvgIpc) is 3.17. The van der Waals surface area contributed by atoms with Crippen LogP contribution in [-0.4, -0.2) is 12.8 Å². The molecule has 2 saturated carbocycles. The van der Waals surface area contributed by atoms with Crippen LogP contribution in [0, 0.1) is 11.8 Å². The molecule has 1 amide bonds. The number of rotatable bonds is 4. The standard InChI is InChI=1S/C41H44BNO2/c1-21(2)27-17-30(22(3)4)39(31(18-27)23(5)6)42-34-11-10-26-8-7-9-37-38(26)40(34)43(41(44)45-37)36-20-33-29-15-24-12-25(16-29)14-28(13-24)32(33)19-35(36)42/h7-11,17-25,28-29H,12-16H2,1-6H3. The molecule has 6 aliphatic rings. The molecule has 4 aromatic carbocycles. The second-order valence-corrected chi connectivity index (χ2v) is 15.9. The molecule has 228 valence electrons. The Labute approximate surface area is 268 Å². The molecule has 2 aliphatic heterocycles. The average molecular weight is 594 g/mol. The van der Waals surface area contributed by atoms with Crippen LogP contribution >= 0.6 is 0 Å². The molecule has 2 heterocycles. The van der Waals surface area contributed by atoms with Crippen molar-refractivity contribution in [1.29, 1.82) is 0 Å². The highest BCUT2D eigenvalue weighted by Gasteiger charge is 2.47. The normalized spacial score (nSPS) is 24.1. The molecule has 2 unspecified atom stereocenters. The first-order chi connectivity index (χ1) is 21.7. The number of nitrogens with zero attached hydrogens (tertiary/aromatic N) is 1. The Morgan fingerprint density at radius 2 is 1.38 bits per heavy atom. The third kappa shape index (κ3) is 3.93. The third-order valence-electron chi connectivity index (χ3n) is 12.2. The van der Waals surface area contributed by atoms with E-state index in [4.69, 9.17) is 4.74 Å². The monoisotopic (exact) mass is 593 g/mol. The second-order valence-electron chi connectivity index (χ2n) is 15.9. The molecule has 4 heteroatoms. The fourth-order valence-electron chi connectivity index (χ4n) is 10.3. The quantitative estimate of drug-likeness (QED) is 0.221. The molecule has 45 heavy (non-hydrogen) atoms. The second kappa shape index (κ2) is 9.74. The first-order valence-corrected chi connectivity index (χ1v) is 17.6. The molecule has 4 aliphatic carbocycles. The van der Waals surface area contributed by atoms with E-state index in [0.717, 1.165) is 34.0 Å². The lowest BCUT2D eigenvalue weighted by molar-refractivity contribution is 0.166. The van der Waals surface area contributed by atoms with Gasteiger partial charge in [-0.05, 0) is 130 Å². The lowest BCUT2D eigenvalue weighted by Crippen LogP contribution is -2.61. The van der Waals surface area contributed by atoms with Gasteiger partial charge in [0.2, 0.25) is 6.71 Å². The minimum atomic E-state index is -0.273. The van der Waals surface area contributed by atoms with Gasteiger partial charge in [-0.15, -0.1) is 0 Å². The van der Waals surface area contributed by atoms with Gasteiger partial charge in [0.25, 0.3) is 0 Å². The van der Waals surface area contributed by atoms with E-state index in [1.54, 1.807) is 5.56 Å². The fraction of sp³-hybridized carbons (Fsp3) is 0.439. The van der Waals surface area contributed by atoms with Crippen LogP contribution in [0.25, 0.3) is 10.8 Å². The summed E-state index contributed by atoms with van der Waals surface area (Å²) in [7, 11) is 0. The van der Waals surface area contributed by atoms with Crippen molar-refractivity contribution in [1.82, 2.24) is 0 Å². The van der Waals surface area contributed by atoms with Crippen molar-refractivity contribution in [2.75, 3.05) is 4.90 Å². The molecule has 3 nitrogen and oxygen atoms in total. The van der Waals surface area contributed by atoms with Gasteiger partial charge in [0, 0.05) is 11.1 Å². The van der Waals surface area contributed by atoms with E-state index < -0.39 is 0 Å². The van der Waals surface area contributed by atoms with Gasteiger partial charge in [0.1, 0.15) is 5.75 Å². The van der Waals surface area contributed by atoms with Gasteiger partial charge in [0.15, 0.2) is 0 Å². The summed E-state index contributed by atoms with van der Waals surface area (Å²) in [6, 6.07) is 20.8. The summed E-state index contributed by atoms with van der Waals surface area (Å²) in [5.41, 5.74) is 13.5. The molecule has 10 rings (SSSR count). The number of anilines is 2. The van der Waals surface area contributed by atoms with E-state index >= 15 is 0 Å². The maximum atomic E-state index is 14.1. The molecule has 0 aromatic heterocycles. The van der Waals surface area contributed by atoms with Crippen LogP contribution in [-0.2, 0) is 0 Å². The van der Waals surface area contributed by atoms with Crippen LogP contribution in [0.4, 0.5) is 16.2 Å². The molecule has 4 bridgehead atoms. The van der Waals surface area contributed by atoms with Crippen LogP contribution < -0.4 is 26.0 Å². The van der Waals surface area contributed by atoms with Crippen molar-refractivity contribution in [3.05, 3.63) is 82.4 Å². The molecule has 2 atom stereocenters. The van der Waals surface area contributed by atoms with Gasteiger partial charge in [-0.2, -0.15) is 0 Å². The van der Waals surface area contributed by atoms with Crippen molar-refractivity contribution in [2.45, 2.75) is 103 Å². The maximum Gasteiger partial charge on any atom is 0.424 e. The molecule has 0 spiro atoms. The van der Waals surface area contributed by atoms with Crippen molar-refractivity contribution in [3.8, 4) is 5.75 Å². The predicted molar refractivity (Wildman–Crippen MR) is 187 cm³/mol. The molecule has 0 saturated heterocycles. The molecule has 0 radical (unpaired) electrons. The maximum absolute atomic E-state index is 14.1. The van der Waals surface area contributed by atoms with Gasteiger partial charge in [-0.1, -0.05) is 89.5 Å². The largest absolute Gasteiger partial charge is 0.424 e. The highest BCUT2D eigenvalue weighted by atomic mass is 16.6. The van der Waals surface area contributed by atoms with E-state index in [9.17, 15) is 4.79 Å². The van der Waals surface area contributed by atoms with Crippen LogP contribution in [0.1, 0.15) is 131 Å². The van der Waals surface area contributed by atoms with Crippen LogP contribution in [0.15, 0.2) is 54.6 Å². The Bertz CT molecular complexity index is 1880. The first-order valence-electron chi connectivity index (χ1n) is 17.6. The number of carbonyl (C=O) groups is 1. The number of hydrogen-bond acceptors (Lipinski definition) is 2. The summed E-state index contributed by atoms with van der Waals surface area (Å²) in [4.78, 5) is 16.1. The Morgan fingerprint density at radius 3 is 2.00 bits per heavy atom. The van der Waals surface area contributed by atoms with Crippen molar-refractivity contribution >= 4 is 51.3 Å². The van der Waals surface area contributed by atoms with Crippen molar-refractivity contribution < 1.29 is 9.53 Å². The number of hydrogen-bond donors (Lipinski definition) is 0. The number of benzene rings is 4. The molecule has 4 aromatic rings. The third-order valence-corrected chi connectivity index (χ3v) is 12.2. The Morgan fingerprint density at radius 1 is 0.733 bits per heavy atom. The first kappa shape index (κ1) is 27.8. The van der Waals surface area contributed by atoms with Gasteiger partial charge in [-0.25, -0.2) is 9.69 Å². The van der Waals surface area contributed by atoms with E-state index in [0.29, 0.717) is 35.3 Å². The topological polar surface area (TPSA) is 29.5 Å². The summed E-state index contributed by atoms with van der Waals surface area (Å²) in [6.07, 6.45) is 6.42. The lowest BCUT2D eigenvalue weighted by Gasteiger charge is -2.40. The fourth-order valence-corrected chi connectivity index (χ4v) is 10.3. The molecule has 2 fully saturated rings.